The quantitative estimate of drug-likeness (QED) is 0.735. The van der Waals surface area contributed by atoms with E-state index in [1.165, 1.54) is 0 Å². The second kappa shape index (κ2) is 4.44. The summed E-state index contributed by atoms with van der Waals surface area (Å²) >= 11 is 0. The SMILES string of the molecule is Cc1oc2ccc(O)cc2c1[C@@H](O)c1ccccc1. The minimum absolute atomic E-state index is 0.162. The van der Waals surface area contributed by atoms with Gasteiger partial charge in [0.05, 0.1) is 0 Å². The first-order valence-electron chi connectivity index (χ1n) is 6.12. The largest absolute Gasteiger partial charge is 0.508 e. The van der Waals surface area contributed by atoms with Crippen LogP contribution in [-0.2, 0) is 0 Å². The van der Waals surface area contributed by atoms with Gasteiger partial charge in [-0.05, 0) is 30.7 Å². The molecule has 96 valence electrons. The molecule has 3 aromatic rings. The van der Waals surface area contributed by atoms with Gasteiger partial charge in [-0.15, -0.1) is 0 Å². The molecule has 0 fully saturated rings. The van der Waals surface area contributed by atoms with Crippen LogP contribution in [0.25, 0.3) is 11.0 Å². The van der Waals surface area contributed by atoms with Crippen LogP contribution in [0.5, 0.6) is 5.75 Å². The number of hydrogen-bond donors (Lipinski definition) is 2. The topological polar surface area (TPSA) is 53.6 Å². The van der Waals surface area contributed by atoms with Crippen molar-refractivity contribution >= 4 is 11.0 Å². The summed E-state index contributed by atoms with van der Waals surface area (Å²) < 4.78 is 5.63. The van der Waals surface area contributed by atoms with Crippen molar-refractivity contribution in [2.24, 2.45) is 0 Å². The van der Waals surface area contributed by atoms with E-state index in [0.29, 0.717) is 16.9 Å². The zero-order chi connectivity index (χ0) is 13.4. The molecule has 0 aliphatic carbocycles. The monoisotopic (exact) mass is 254 g/mol. The highest BCUT2D eigenvalue weighted by Gasteiger charge is 2.20. The Labute approximate surface area is 110 Å². The number of aryl methyl sites for hydroxylation is 1. The molecule has 0 saturated carbocycles. The molecule has 0 radical (unpaired) electrons. The van der Waals surface area contributed by atoms with Crippen LogP contribution in [0.3, 0.4) is 0 Å². The van der Waals surface area contributed by atoms with Crippen LogP contribution in [0.4, 0.5) is 0 Å². The van der Waals surface area contributed by atoms with Gasteiger partial charge >= 0.3 is 0 Å². The lowest BCUT2D eigenvalue weighted by molar-refractivity contribution is 0.219. The summed E-state index contributed by atoms with van der Waals surface area (Å²) in [7, 11) is 0. The van der Waals surface area contributed by atoms with Crippen molar-refractivity contribution in [1.29, 1.82) is 0 Å². The lowest BCUT2D eigenvalue weighted by Gasteiger charge is -2.10. The third-order valence-corrected chi connectivity index (χ3v) is 3.28. The van der Waals surface area contributed by atoms with Gasteiger partial charge in [-0.2, -0.15) is 0 Å². The highest BCUT2D eigenvalue weighted by molar-refractivity contribution is 5.84. The average molecular weight is 254 g/mol. The second-order valence-electron chi connectivity index (χ2n) is 4.57. The van der Waals surface area contributed by atoms with Crippen molar-refractivity contribution in [3.8, 4) is 5.75 Å². The van der Waals surface area contributed by atoms with Crippen LogP contribution in [0.1, 0.15) is 23.0 Å². The third kappa shape index (κ3) is 1.98. The first-order chi connectivity index (χ1) is 9.16. The third-order valence-electron chi connectivity index (χ3n) is 3.28. The van der Waals surface area contributed by atoms with E-state index in [1.54, 1.807) is 18.2 Å². The van der Waals surface area contributed by atoms with Crippen molar-refractivity contribution < 1.29 is 14.6 Å². The summed E-state index contributed by atoms with van der Waals surface area (Å²) in [5, 5.41) is 20.8. The molecular weight excluding hydrogens is 240 g/mol. The maximum absolute atomic E-state index is 10.5. The molecule has 3 heteroatoms. The maximum atomic E-state index is 10.5. The molecule has 2 aromatic carbocycles. The van der Waals surface area contributed by atoms with Crippen molar-refractivity contribution in [2.75, 3.05) is 0 Å². The van der Waals surface area contributed by atoms with Gasteiger partial charge in [0.2, 0.25) is 0 Å². The fourth-order valence-electron chi connectivity index (χ4n) is 2.37. The Balaban J connectivity index is 2.19. The first-order valence-corrected chi connectivity index (χ1v) is 6.12. The molecule has 0 spiro atoms. The first kappa shape index (κ1) is 11.8. The summed E-state index contributed by atoms with van der Waals surface area (Å²) in [4.78, 5) is 0. The number of aliphatic hydroxyl groups is 1. The highest BCUT2D eigenvalue weighted by atomic mass is 16.3. The molecule has 0 amide bonds. The van der Waals surface area contributed by atoms with E-state index in [-0.39, 0.29) is 5.75 Å². The normalized spacial score (nSPS) is 12.7. The zero-order valence-corrected chi connectivity index (χ0v) is 10.5. The van der Waals surface area contributed by atoms with E-state index >= 15 is 0 Å². The maximum Gasteiger partial charge on any atom is 0.134 e. The number of aliphatic hydroxyl groups excluding tert-OH is 1. The molecule has 3 nitrogen and oxygen atoms in total. The molecule has 0 aliphatic rings. The molecule has 3 rings (SSSR count). The number of phenols is 1. The Morgan fingerprint density at radius 1 is 1.05 bits per heavy atom. The zero-order valence-electron chi connectivity index (χ0n) is 10.5. The van der Waals surface area contributed by atoms with E-state index < -0.39 is 6.10 Å². The second-order valence-corrected chi connectivity index (χ2v) is 4.57. The number of furan rings is 1. The van der Waals surface area contributed by atoms with Crippen LogP contribution < -0.4 is 0 Å². The fraction of sp³-hybridized carbons (Fsp3) is 0.125. The molecule has 0 bridgehead atoms. The van der Waals surface area contributed by atoms with E-state index in [4.69, 9.17) is 4.42 Å². The van der Waals surface area contributed by atoms with E-state index in [9.17, 15) is 10.2 Å². The molecule has 0 aliphatic heterocycles. The van der Waals surface area contributed by atoms with Gasteiger partial charge in [-0.1, -0.05) is 30.3 Å². The number of fused-ring (bicyclic) bond motifs is 1. The Morgan fingerprint density at radius 3 is 2.53 bits per heavy atom. The van der Waals surface area contributed by atoms with Gasteiger partial charge in [0.1, 0.15) is 23.2 Å². The summed E-state index contributed by atoms with van der Waals surface area (Å²) in [5.74, 6) is 0.826. The number of rotatable bonds is 2. The van der Waals surface area contributed by atoms with Gasteiger partial charge in [-0.3, -0.25) is 0 Å². The number of phenolic OH excluding ortho intramolecular Hbond substituents is 1. The predicted molar refractivity (Wildman–Crippen MR) is 73.1 cm³/mol. The molecule has 0 unspecified atom stereocenters. The highest BCUT2D eigenvalue weighted by Crippen LogP contribution is 2.35. The summed E-state index contributed by atoms with van der Waals surface area (Å²) in [5.41, 5.74) is 2.18. The van der Waals surface area contributed by atoms with Gasteiger partial charge in [-0.25, -0.2) is 0 Å². The number of aromatic hydroxyl groups is 1. The van der Waals surface area contributed by atoms with E-state index in [1.807, 2.05) is 37.3 Å². The minimum atomic E-state index is -0.760. The molecule has 0 saturated heterocycles. The smallest absolute Gasteiger partial charge is 0.134 e. The predicted octanol–water partition coefficient (Wildman–Crippen LogP) is 3.53. The Morgan fingerprint density at radius 2 is 1.79 bits per heavy atom. The summed E-state index contributed by atoms with van der Waals surface area (Å²) in [6.45, 7) is 1.82. The molecule has 19 heavy (non-hydrogen) atoms. The summed E-state index contributed by atoms with van der Waals surface area (Å²) in [6.07, 6.45) is -0.760. The number of benzene rings is 2. The van der Waals surface area contributed by atoms with Crippen molar-refractivity contribution in [3.05, 3.63) is 65.4 Å². The Hall–Kier alpha value is -2.26. The molecule has 2 N–H and O–H groups in total. The average Bonchev–Trinajstić information content (AvgIpc) is 2.74. The van der Waals surface area contributed by atoms with E-state index in [2.05, 4.69) is 0 Å². The Bertz CT molecular complexity index is 713. The van der Waals surface area contributed by atoms with Gasteiger partial charge < -0.3 is 14.6 Å². The lowest BCUT2D eigenvalue weighted by atomic mass is 9.99. The molecule has 1 aromatic heterocycles. The molecule has 1 atom stereocenters. The minimum Gasteiger partial charge on any atom is -0.508 e. The fourth-order valence-corrected chi connectivity index (χ4v) is 2.37. The van der Waals surface area contributed by atoms with Crippen molar-refractivity contribution in [1.82, 2.24) is 0 Å². The Kier molecular flexibility index (Phi) is 2.76. The van der Waals surface area contributed by atoms with E-state index in [0.717, 1.165) is 10.9 Å². The standard InChI is InChI=1S/C16H14O3/c1-10-15(16(18)11-5-3-2-4-6-11)13-9-12(17)7-8-14(13)19-10/h2-9,16-18H,1H3/t16-/m0/s1. The lowest BCUT2D eigenvalue weighted by Crippen LogP contribution is -2.00. The summed E-state index contributed by atoms with van der Waals surface area (Å²) in [6, 6.07) is 14.3. The van der Waals surface area contributed by atoms with Gasteiger partial charge in [0.15, 0.2) is 0 Å². The van der Waals surface area contributed by atoms with Crippen LogP contribution in [-0.4, -0.2) is 10.2 Å². The van der Waals surface area contributed by atoms with Crippen LogP contribution in [0, 0.1) is 6.92 Å². The van der Waals surface area contributed by atoms with Crippen molar-refractivity contribution in [3.63, 3.8) is 0 Å². The van der Waals surface area contributed by atoms with Gasteiger partial charge in [0.25, 0.3) is 0 Å². The number of hydrogen-bond acceptors (Lipinski definition) is 3. The van der Waals surface area contributed by atoms with Crippen molar-refractivity contribution in [2.45, 2.75) is 13.0 Å². The van der Waals surface area contributed by atoms with Crippen LogP contribution in [0.2, 0.25) is 0 Å². The molecule has 1 heterocycles. The van der Waals surface area contributed by atoms with Gasteiger partial charge in [0, 0.05) is 10.9 Å². The van der Waals surface area contributed by atoms with Crippen LogP contribution >= 0.6 is 0 Å². The molecular formula is C16H14O3. The van der Waals surface area contributed by atoms with Crippen LogP contribution in [0.15, 0.2) is 52.9 Å².